The van der Waals surface area contributed by atoms with Crippen molar-refractivity contribution in [2.24, 2.45) is 0 Å². The van der Waals surface area contributed by atoms with Gasteiger partial charge in [0.2, 0.25) is 0 Å². The molecular weight excluding hydrogens is 234 g/mol. The number of rotatable bonds is 5. The third kappa shape index (κ3) is 4.11. The average molecular weight is 251 g/mol. The largest absolute Gasteiger partial charge is 0.361 e. The second kappa shape index (κ2) is 6.55. The number of hydrogen-bond donors (Lipinski definition) is 1. The molecule has 0 bridgehead atoms. The lowest BCUT2D eigenvalue weighted by Crippen LogP contribution is -2.03. The van der Waals surface area contributed by atoms with Crippen molar-refractivity contribution >= 4 is 11.5 Å². The molecule has 2 aromatic carbocycles. The van der Waals surface area contributed by atoms with E-state index in [4.69, 9.17) is 0 Å². The van der Waals surface area contributed by atoms with Crippen molar-refractivity contribution < 1.29 is 4.79 Å². The van der Waals surface area contributed by atoms with E-state index >= 15 is 0 Å². The van der Waals surface area contributed by atoms with Gasteiger partial charge in [0.1, 0.15) is 0 Å². The van der Waals surface area contributed by atoms with Crippen molar-refractivity contribution in [2.45, 2.75) is 13.3 Å². The van der Waals surface area contributed by atoms with Crippen LogP contribution in [0.15, 0.2) is 72.4 Å². The Bertz CT molecular complexity index is 558. The van der Waals surface area contributed by atoms with Gasteiger partial charge < -0.3 is 5.32 Å². The first-order valence-corrected chi connectivity index (χ1v) is 6.31. The third-order valence-corrected chi connectivity index (χ3v) is 2.88. The van der Waals surface area contributed by atoms with E-state index in [1.807, 2.05) is 60.7 Å². The molecule has 0 aliphatic heterocycles. The van der Waals surface area contributed by atoms with E-state index in [0.29, 0.717) is 6.42 Å². The second-order valence-electron chi connectivity index (χ2n) is 4.40. The van der Waals surface area contributed by atoms with E-state index in [-0.39, 0.29) is 5.78 Å². The molecule has 1 N–H and O–H groups in total. The monoisotopic (exact) mass is 251 g/mol. The quantitative estimate of drug-likeness (QED) is 0.819. The van der Waals surface area contributed by atoms with Crippen LogP contribution in [0.1, 0.15) is 12.5 Å². The molecule has 19 heavy (non-hydrogen) atoms. The minimum absolute atomic E-state index is 0.0901. The van der Waals surface area contributed by atoms with E-state index in [0.717, 1.165) is 16.8 Å². The van der Waals surface area contributed by atoms with E-state index in [2.05, 4.69) is 5.32 Å². The van der Waals surface area contributed by atoms with E-state index in [1.54, 1.807) is 13.1 Å². The Morgan fingerprint density at radius 1 is 1.00 bits per heavy atom. The van der Waals surface area contributed by atoms with Gasteiger partial charge in [0.05, 0.1) is 0 Å². The summed E-state index contributed by atoms with van der Waals surface area (Å²) in [7, 11) is 0. The highest BCUT2D eigenvalue weighted by Gasteiger charge is 2.04. The molecule has 0 aromatic heterocycles. The normalized spacial score (nSPS) is 11.1. The zero-order valence-electron chi connectivity index (χ0n) is 11.0. The van der Waals surface area contributed by atoms with Gasteiger partial charge in [0.25, 0.3) is 0 Å². The molecule has 0 unspecified atom stereocenters. The highest BCUT2D eigenvalue weighted by molar-refractivity contribution is 5.94. The van der Waals surface area contributed by atoms with E-state index in [1.165, 1.54) is 0 Å². The summed E-state index contributed by atoms with van der Waals surface area (Å²) in [5.41, 5.74) is 2.89. The van der Waals surface area contributed by atoms with Crippen molar-refractivity contribution in [3.05, 3.63) is 78.0 Å². The van der Waals surface area contributed by atoms with Gasteiger partial charge in [-0.2, -0.15) is 0 Å². The molecule has 0 amide bonds. The van der Waals surface area contributed by atoms with E-state index < -0.39 is 0 Å². The lowest BCUT2D eigenvalue weighted by atomic mass is 10.0. The lowest BCUT2D eigenvalue weighted by molar-refractivity contribution is -0.113. The van der Waals surface area contributed by atoms with Gasteiger partial charge in [-0.3, -0.25) is 4.79 Å². The number of carbonyl (C=O) groups excluding carboxylic acids is 1. The molecule has 2 aromatic rings. The van der Waals surface area contributed by atoms with Crippen LogP contribution >= 0.6 is 0 Å². The van der Waals surface area contributed by atoms with Crippen LogP contribution in [0.3, 0.4) is 0 Å². The summed E-state index contributed by atoms with van der Waals surface area (Å²) in [5, 5.41) is 3.16. The number of nitrogens with one attached hydrogen (secondary N) is 1. The zero-order valence-corrected chi connectivity index (χ0v) is 11.0. The summed E-state index contributed by atoms with van der Waals surface area (Å²) in [6, 6.07) is 19.8. The molecule has 0 aliphatic rings. The number of hydrogen-bond acceptors (Lipinski definition) is 2. The Labute approximate surface area is 113 Å². The maximum atomic E-state index is 11.7. The van der Waals surface area contributed by atoms with Gasteiger partial charge in [-0.05, 0) is 24.6 Å². The van der Waals surface area contributed by atoms with Crippen LogP contribution in [-0.4, -0.2) is 5.78 Å². The Kier molecular flexibility index (Phi) is 4.51. The van der Waals surface area contributed by atoms with Crippen LogP contribution in [-0.2, 0) is 11.2 Å². The predicted molar refractivity (Wildman–Crippen MR) is 79.0 cm³/mol. The minimum Gasteiger partial charge on any atom is -0.361 e. The predicted octanol–water partition coefficient (Wildman–Crippen LogP) is 3.81. The highest BCUT2D eigenvalue weighted by atomic mass is 16.1. The summed E-state index contributed by atoms with van der Waals surface area (Å²) < 4.78 is 0. The Balaban J connectivity index is 2.10. The fourth-order valence-electron chi connectivity index (χ4n) is 1.80. The number of Topliss-reactive ketones (excluding diaryl/α,β-unsaturated/α-hetero) is 1. The molecule has 2 nitrogen and oxygen atoms in total. The highest BCUT2D eigenvalue weighted by Crippen LogP contribution is 2.11. The van der Waals surface area contributed by atoms with Crippen molar-refractivity contribution in [1.29, 1.82) is 0 Å². The molecule has 2 heteroatoms. The maximum Gasteiger partial charge on any atom is 0.157 e. The van der Waals surface area contributed by atoms with Crippen LogP contribution in [0, 0.1) is 0 Å². The number of benzene rings is 2. The Hall–Kier alpha value is -2.35. The fraction of sp³-hybridized carbons (Fsp3) is 0.118. The van der Waals surface area contributed by atoms with Crippen LogP contribution in [0.5, 0.6) is 0 Å². The van der Waals surface area contributed by atoms with Crippen LogP contribution < -0.4 is 5.32 Å². The van der Waals surface area contributed by atoms with E-state index in [9.17, 15) is 4.79 Å². The third-order valence-electron chi connectivity index (χ3n) is 2.88. The first kappa shape index (κ1) is 13.1. The summed E-state index contributed by atoms with van der Waals surface area (Å²) in [4.78, 5) is 11.7. The number of anilines is 1. The summed E-state index contributed by atoms with van der Waals surface area (Å²) in [6.07, 6.45) is 2.45. The van der Waals surface area contributed by atoms with Crippen molar-refractivity contribution in [3.8, 4) is 0 Å². The molecule has 0 saturated heterocycles. The molecule has 0 atom stereocenters. The number of allylic oxidation sites excluding steroid dienone is 1. The Morgan fingerprint density at radius 2 is 1.58 bits per heavy atom. The molecule has 0 aliphatic carbocycles. The molecule has 2 rings (SSSR count). The average Bonchev–Trinajstić information content (AvgIpc) is 2.45. The van der Waals surface area contributed by atoms with Gasteiger partial charge >= 0.3 is 0 Å². The molecule has 0 spiro atoms. The molecular formula is C17H17NO. The standard InChI is InChI=1S/C17H17NO/c1-14(19)16(12-15-8-4-2-5-9-15)13-18-17-10-6-3-7-11-17/h2-11,13,18H,12H2,1H3. The molecule has 0 saturated carbocycles. The summed E-state index contributed by atoms with van der Waals surface area (Å²) >= 11 is 0. The van der Waals surface area contributed by atoms with Crippen molar-refractivity contribution in [3.63, 3.8) is 0 Å². The molecule has 0 fully saturated rings. The second-order valence-corrected chi connectivity index (χ2v) is 4.40. The van der Waals surface area contributed by atoms with Crippen LogP contribution in [0.25, 0.3) is 0 Å². The zero-order chi connectivity index (χ0) is 13.5. The maximum absolute atomic E-state index is 11.7. The van der Waals surface area contributed by atoms with Gasteiger partial charge in [0, 0.05) is 23.9 Å². The lowest BCUT2D eigenvalue weighted by Gasteiger charge is -2.06. The van der Waals surface area contributed by atoms with Gasteiger partial charge in [-0.15, -0.1) is 0 Å². The smallest absolute Gasteiger partial charge is 0.157 e. The minimum atomic E-state index is 0.0901. The first-order chi connectivity index (χ1) is 9.25. The van der Waals surface area contributed by atoms with Gasteiger partial charge in [-0.1, -0.05) is 48.5 Å². The first-order valence-electron chi connectivity index (χ1n) is 6.31. The summed E-state index contributed by atoms with van der Waals surface area (Å²) in [6.45, 7) is 1.60. The SMILES string of the molecule is CC(=O)C(=CNc1ccccc1)Cc1ccccc1. The van der Waals surface area contributed by atoms with Crippen molar-refractivity contribution in [1.82, 2.24) is 0 Å². The number of ketones is 1. The number of carbonyl (C=O) groups is 1. The van der Waals surface area contributed by atoms with Crippen molar-refractivity contribution in [2.75, 3.05) is 5.32 Å². The molecule has 96 valence electrons. The molecule has 0 radical (unpaired) electrons. The van der Waals surface area contributed by atoms with Crippen LogP contribution in [0.2, 0.25) is 0 Å². The Morgan fingerprint density at radius 3 is 2.16 bits per heavy atom. The van der Waals surface area contributed by atoms with Crippen LogP contribution in [0.4, 0.5) is 5.69 Å². The topological polar surface area (TPSA) is 29.1 Å². The fourth-order valence-corrected chi connectivity index (χ4v) is 1.80. The number of para-hydroxylation sites is 1. The summed E-state index contributed by atoms with van der Waals surface area (Å²) in [5.74, 6) is 0.0901. The molecule has 0 heterocycles. The van der Waals surface area contributed by atoms with Gasteiger partial charge in [0.15, 0.2) is 5.78 Å². The van der Waals surface area contributed by atoms with Gasteiger partial charge in [-0.25, -0.2) is 0 Å².